The predicted octanol–water partition coefficient (Wildman–Crippen LogP) is 4.26. The van der Waals surface area contributed by atoms with E-state index >= 15 is 0 Å². The smallest absolute Gasteiger partial charge is 0.268 e. The minimum atomic E-state index is -0.596. The number of rotatable bonds is 7. The molecule has 5 rings (SSSR count). The van der Waals surface area contributed by atoms with Gasteiger partial charge in [0.1, 0.15) is 6.61 Å². The highest BCUT2D eigenvalue weighted by atomic mass is 16.5. The van der Waals surface area contributed by atoms with Crippen LogP contribution in [-0.2, 0) is 6.61 Å². The van der Waals surface area contributed by atoms with Crippen molar-refractivity contribution in [1.82, 2.24) is 20.4 Å². The van der Waals surface area contributed by atoms with Crippen molar-refractivity contribution in [2.75, 3.05) is 7.11 Å². The lowest BCUT2D eigenvalue weighted by Gasteiger charge is -2.18. The summed E-state index contributed by atoms with van der Waals surface area (Å²) in [7, 11) is 1.57. The molecule has 3 aromatic carbocycles. The molecule has 0 aliphatic heterocycles. The highest BCUT2D eigenvalue weighted by molar-refractivity contribution is 5.85. The van der Waals surface area contributed by atoms with E-state index in [1.54, 1.807) is 21.0 Å². The minimum Gasteiger partial charge on any atom is -0.493 e. The molecule has 0 amide bonds. The zero-order valence-electron chi connectivity index (χ0n) is 19.7. The number of benzene rings is 3. The highest BCUT2D eigenvalue weighted by Crippen LogP contribution is 2.37. The van der Waals surface area contributed by atoms with Crippen LogP contribution >= 0.6 is 0 Å². The van der Waals surface area contributed by atoms with Crippen molar-refractivity contribution in [2.45, 2.75) is 26.4 Å². The van der Waals surface area contributed by atoms with Crippen molar-refractivity contribution in [3.8, 4) is 11.5 Å². The maximum atomic E-state index is 12.7. The lowest BCUT2D eigenvalue weighted by atomic mass is 9.85. The summed E-state index contributed by atoms with van der Waals surface area (Å²) in [6, 6.07) is 19.8. The van der Waals surface area contributed by atoms with Gasteiger partial charge in [-0.3, -0.25) is 19.8 Å². The van der Waals surface area contributed by atoms with E-state index in [1.165, 1.54) is 0 Å². The van der Waals surface area contributed by atoms with Gasteiger partial charge in [-0.2, -0.15) is 0 Å². The molecule has 0 saturated heterocycles. The Bertz CT molecular complexity index is 1560. The molecule has 2 heterocycles. The molecular weight excluding hydrogens is 444 g/mol. The Morgan fingerprint density at radius 2 is 1.43 bits per heavy atom. The second-order valence-corrected chi connectivity index (χ2v) is 8.51. The fraction of sp³-hybridized carbons (Fsp3) is 0.185. The topological polar surface area (TPSA) is 116 Å². The van der Waals surface area contributed by atoms with Gasteiger partial charge in [-0.05, 0) is 47.9 Å². The van der Waals surface area contributed by atoms with Gasteiger partial charge >= 0.3 is 0 Å². The van der Waals surface area contributed by atoms with Gasteiger partial charge < -0.3 is 19.7 Å². The van der Waals surface area contributed by atoms with Crippen LogP contribution < -0.4 is 20.6 Å². The van der Waals surface area contributed by atoms with E-state index in [-0.39, 0.29) is 11.1 Å². The average Bonchev–Trinajstić information content (AvgIpc) is 3.39. The number of H-pyrrole nitrogens is 4. The molecular formula is C27H26N4O4. The van der Waals surface area contributed by atoms with Crippen LogP contribution in [-0.4, -0.2) is 27.5 Å². The molecule has 5 aromatic rings. The van der Waals surface area contributed by atoms with Gasteiger partial charge in [-0.25, -0.2) is 0 Å². The Labute approximate surface area is 200 Å². The van der Waals surface area contributed by atoms with Crippen LogP contribution in [0.15, 0.2) is 70.3 Å². The monoisotopic (exact) mass is 470 g/mol. The number of aryl methyl sites for hydroxylation is 2. The lowest BCUT2D eigenvalue weighted by molar-refractivity contribution is 0.285. The number of aromatic nitrogens is 4. The standard InChI is InChI=1S/C27H26N4O4/c1-15-23(26(32)30-28-15)25(24-16(2)29-31-27(24)33)18-11-12-21(22(13-18)34-3)35-14-19-9-6-8-17-7-4-5-10-20(17)19/h4-13,25H,14H2,1-3H3,(H2,28,30,32)(H2,29,31,33). The first-order chi connectivity index (χ1) is 17.0. The molecule has 0 fully saturated rings. The molecule has 0 atom stereocenters. The van der Waals surface area contributed by atoms with E-state index in [0.717, 1.165) is 21.9 Å². The van der Waals surface area contributed by atoms with Gasteiger partial charge in [0.25, 0.3) is 11.1 Å². The first-order valence-electron chi connectivity index (χ1n) is 11.3. The minimum absolute atomic E-state index is 0.275. The van der Waals surface area contributed by atoms with E-state index in [1.807, 2.05) is 42.5 Å². The van der Waals surface area contributed by atoms with Crippen LogP contribution in [0.3, 0.4) is 0 Å². The van der Waals surface area contributed by atoms with E-state index in [9.17, 15) is 9.59 Å². The fourth-order valence-electron chi connectivity index (χ4n) is 4.64. The summed E-state index contributed by atoms with van der Waals surface area (Å²) in [4.78, 5) is 25.4. The SMILES string of the molecule is COc1cc(C(c2c(C)[nH][nH]c2=O)c2c(C)[nH][nH]c2=O)ccc1OCc1cccc2ccccc12. The summed E-state index contributed by atoms with van der Waals surface area (Å²) in [6.45, 7) is 3.97. The molecule has 4 N–H and O–H groups in total. The Balaban J connectivity index is 1.54. The van der Waals surface area contributed by atoms with Gasteiger partial charge in [0.05, 0.1) is 18.2 Å². The maximum Gasteiger partial charge on any atom is 0.268 e. The molecule has 0 unspecified atom stereocenters. The molecule has 8 nitrogen and oxygen atoms in total. The Morgan fingerprint density at radius 3 is 2.06 bits per heavy atom. The number of methoxy groups -OCH3 is 1. The maximum absolute atomic E-state index is 12.7. The van der Waals surface area contributed by atoms with Crippen molar-refractivity contribution in [2.24, 2.45) is 0 Å². The third-order valence-electron chi connectivity index (χ3n) is 6.39. The van der Waals surface area contributed by atoms with Crippen molar-refractivity contribution in [3.05, 3.63) is 115 Å². The summed E-state index contributed by atoms with van der Waals surface area (Å²) in [5.41, 5.74) is 3.53. The molecule has 0 radical (unpaired) electrons. The molecule has 0 bridgehead atoms. The average molecular weight is 471 g/mol. The van der Waals surface area contributed by atoms with Gasteiger partial charge in [-0.1, -0.05) is 48.5 Å². The summed E-state index contributed by atoms with van der Waals surface area (Å²) in [5.74, 6) is 0.491. The number of hydrogen-bond donors (Lipinski definition) is 4. The second-order valence-electron chi connectivity index (χ2n) is 8.51. The zero-order chi connectivity index (χ0) is 24.5. The molecule has 0 spiro atoms. The number of aromatic amines is 4. The molecule has 0 aliphatic rings. The fourth-order valence-corrected chi connectivity index (χ4v) is 4.64. The number of ether oxygens (including phenoxy) is 2. The van der Waals surface area contributed by atoms with Crippen molar-refractivity contribution >= 4 is 10.8 Å². The lowest BCUT2D eigenvalue weighted by Crippen LogP contribution is -2.20. The van der Waals surface area contributed by atoms with Crippen LogP contribution in [0.5, 0.6) is 11.5 Å². The molecule has 0 saturated carbocycles. The Morgan fingerprint density at radius 1 is 0.771 bits per heavy atom. The van der Waals surface area contributed by atoms with Gasteiger partial charge in [0.2, 0.25) is 0 Å². The summed E-state index contributed by atoms with van der Waals surface area (Å²) in [5, 5.41) is 13.3. The molecule has 8 heteroatoms. The van der Waals surface area contributed by atoms with E-state index < -0.39 is 5.92 Å². The van der Waals surface area contributed by atoms with Crippen molar-refractivity contribution in [1.29, 1.82) is 0 Å². The first-order valence-corrected chi connectivity index (χ1v) is 11.3. The normalized spacial score (nSPS) is 11.3. The van der Waals surface area contributed by atoms with Gasteiger partial charge in [0.15, 0.2) is 11.5 Å². The van der Waals surface area contributed by atoms with Crippen molar-refractivity contribution < 1.29 is 9.47 Å². The van der Waals surface area contributed by atoms with E-state index in [2.05, 4.69) is 38.6 Å². The van der Waals surface area contributed by atoms with Crippen LogP contribution in [0.1, 0.15) is 39.6 Å². The molecule has 35 heavy (non-hydrogen) atoms. The third kappa shape index (κ3) is 4.03. The second kappa shape index (κ2) is 9.06. The Kier molecular flexibility index (Phi) is 5.78. The Hall–Kier alpha value is -4.46. The quantitative estimate of drug-likeness (QED) is 0.284. The van der Waals surface area contributed by atoms with Crippen LogP contribution in [0.2, 0.25) is 0 Å². The van der Waals surface area contributed by atoms with Gasteiger partial charge in [-0.15, -0.1) is 0 Å². The number of fused-ring (bicyclic) bond motifs is 1. The molecule has 0 aliphatic carbocycles. The largest absolute Gasteiger partial charge is 0.493 e. The number of hydrogen-bond acceptors (Lipinski definition) is 4. The van der Waals surface area contributed by atoms with Crippen LogP contribution in [0.25, 0.3) is 10.8 Å². The molecule has 178 valence electrons. The van der Waals surface area contributed by atoms with Gasteiger partial charge in [0, 0.05) is 17.3 Å². The zero-order valence-corrected chi connectivity index (χ0v) is 19.7. The number of nitrogens with one attached hydrogen (secondary N) is 4. The summed E-state index contributed by atoms with van der Waals surface area (Å²) in [6.07, 6.45) is 0. The highest BCUT2D eigenvalue weighted by Gasteiger charge is 2.28. The predicted molar refractivity (Wildman–Crippen MR) is 135 cm³/mol. The summed E-state index contributed by atoms with van der Waals surface area (Å²) >= 11 is 0. The van der Waals surface area contributed by atoms with E-state index in [4.69, 9.17) is 9.47 Å². The first kappa shape index (κ1) is 22.3. The third-order valence-corrected chi connectivity index (χ3v) is 6.39. The van der Waals surface area contributed by atoms with Crippen LogP contribution in [0, 0.1) is 13.8 Å². The van der Waals surface area contributed by atoms with E-state index in [0.29, 0.717) is 40.6 Å². The van der Waals surface area contributed by atoms with Crippen molar-refractivity contribution in [3.63, 3.8) is 0 Å². The summed E-state index contributed by atoms with van der Waals surface area (Å²) < 4.78 is 11.8. The molecule has 2 aromatic heterocycles. The van der Waals surface area contributed by atoms with Crippen LogP contribution in [0.4, 0.5) is 0 Å².